The average molecular weight is 415 g/mol. The summed E-state index contributed by atoms with van der Waals surface area (Å²) in [7, 11) is -3.75. The highest BCUT2D eigenvalue weighted by molar-refractivity contribution is 7.90. The Labute approximate surface area is 164 Å². The van der Waals surface area contributed by atoms with Crippen molar-refractivity contribution in [3.63, 3.8) is 0 Å². The van der Waals surface area contributed by atoms with Crippen molar-refractivity contribution in [1.82, 2.24) is 9.97 Å². The number of fused-ring (bicyclic) bond motifs is 1. The van der Waals surface area contributed by atoms with Crippen LogP contribution in [0.1, 0.15) is 16.1 Å². The molecule has 2 heterocycles. The summed E-state index contributed by atoms with van der Waals surface area (Å²) in [6.07, 6.45) is 2.55. The van der Waals surface area contributed by atoms with Crippen molar-refractivity contribution in [2.75, 3.05) is 5.32 Å². The number of aromatic nitrogens is 2. The molecule has 28 heavy (non-hydrogen) atoms. The average Bonchev–Trinajstić information content (AvgIpc) is 2.94. The summed E-state index contributed by atoms with van der Waals surface area (Å²) in [5.74, 6) is -0.0724. The SMILES string of the molecule is O=C(Nc1ccc(OC2=NS(=O)(=O)c3ccccc32)cc1)c1cnc(Cl)cn1. The van der Waals surface area contributed by atoms with Crippen molar-refractivity contribution in [1.29, 1.82) is 0 Å². The van der Waals surface area contributed by atoms with Gasteiger partial charge >= 0.3 is 0 Å². The van der Waals surface area contributed by atoms with Gasteiger partial charge in [0.15, 0.2) is 0 Å². The van der Waals surface area contributed by atoms with Gasteiger partial charge in [0.25, 0.3) is 15.9 Å². The third-order valence-corrected chi connectivity index (χ3v) is 5.29. The topological polar surface area (TPSA) is 111 Å². The van der Waals surface area contributed by atoms with Gasteiger partial charge in [-0.3, -0.25) is 4.79 Å². The Bertz CT molecular complexity index is 1190. The zero-order valence-electron chi connectivity index (χ0n) is 14.0. The second-order valence-electron chi connectivity index (χ2n) is 5.67. The normalized spacial score (nSPS) is 14.1. The van der Waals surface area contributed by atoms with E-state index in [-0.39, 0.29) is 21.6 Å². The molecule has 1 amide bonds. The van der Waals surface area contributed by atoms with E-state index in [1.807, 2.05) is 0 Å². The molecule has 0 fully saturated rings. The van der Waals surface area contributed by atoms with Gasteiger partial charge in [0.1, 0.15) is 21.5 Å². The number of carbonyl (C=O) groups excluding carboxylic acids is 1. The van der Waals surface area contributed by atoms with Crippen LogP contribution in [0.5, 0.6) is 5.75 Å². The van der Waals surface area contributed by atoms with Gasteiger partial charge in [-0.25, -0.2) is 9.97 Å². The molecule has 3 aromatic rings. The smallest absolute Gasteiger partial charge is 0.286 e. The number of carbonyl (C=O) groups is 1. The standard InChI is InChI=1S/C18H11ClN4O4S/c19-16-10-20-14(9-21-16)17(24)22-11-5-7-12(8-6-11)27-18-13-3-1-2-4-15(13)28(25,26)23-18/h1-10H,(H,22,24). The summed E-state index contributed by atoms with van der Waals surface area (Å²) in [5.41, 5.74) is 1.02. The minimum Gasteiger partial charge on any atom is -0.438 e. The first-order valence-corrected chi connectivity index (χ1v) is 9.75. The minimum absolute atomic E-state index is 0.00354. The van der Waals surface area contributed by atoms with E-state index in [4.69, 9.17) is 16.3 Å². The van der Waals surface area contributed by atoms with E-state index in [1.165, 1.54) is 18.5 Å². The van der Waals surface area contributed by atoms with Crippen LogP contribution >= 0.6 is 11.6 Å². The van der Waals surface area contributed by atoms with Crippen molar-refractivity contribution in [3.8, 4) is 5.75 Å². The molecule has 0 aliphatic carbocycles. The van der Waals surface area contributed by atoms with Crippen LogP contribution in [0.25, 0.3) is 0 Å². The van der Waals surface area contributed by atoms with E-state index in [0.717, 1.165) is 0 Å². The Morgan fingerprint density at radius 1 is 1.00 bits per heavy atom. The number of nitrogens with zero attached hydrogens (tertiary/aromatic N) is 3. The summed E-state index contributed by atoms with van der Waals surface area (Å²) >= 11 is 5.65. The van der Waals surface area contributed by atoms with Gasteiger partial charge in [-0.15, -0.1) is 4.40 Å². The molecule has 10 heteroatoms. The Balaban J connectivity index is 1.49. The summed E-state index contributed by atoms with van der Waals surface area (Å²) in [6, 6.07) is 12.8. The van der Waals surface area contributed by atoms with Gasteiger partial charge in [0.2, 0.25) is 5.90 Å². The summed E-state index contributed by atoms with van der Waals surface area (Å²) in [6.45, 7) is 0. The van der Waals surface area contributed by atoms with Crippen LogP contribution < -0.4 is 10.1 Å². The molecule has 4 rings (SSSR count). The highest BCUT2D eigenvalue weighted by Gasteiger charge is 2.30. The lowest BCUT2D eigenvalue weighted by Gasteiger charge is -2.08. The zero-order chi connectivity index (χ0) is 19.7. The second-order valence-corrected chi connectivity index (χ2v) is 7.63. The summed E-state index contributed by atoms with van der Waals surface area (Å²) in [5, 5.41) is 2.85. The van der Waals surface area contributed by atoms with Crippen molar-refractivity contribution in [3.05, 3.63) is 77.3 Å². The maximum atomic E-state index is 12.1. The Hall–Kier alpha value is -3.30. The highest BCUT2D eigenvalue weighted by atomic mass is 35.5. The molecule has 0 bridgehead atoms. The monoisotopic (exact) mass is 414 g/mol. The van der Waals surface area contributed by atoms with Crippen molar-refractivity contribution in [2.24, 2.45) is 4.40 Å². The molecule has 0 radical (unpaired) electrons. The number of amides is 1. The predicted molar refractivity (Wildman–Crippen MR) is 102 cm³/mol. The van der Waals surface area contributed by atoms with Crippen molar-refractivity contribution in [2.45, 2.75) is 4.90 Å². The molecule has 0 atom stereocenters. The van der Waals surface area contributed by atoms with E-state index in [0.29, 0.717) is 17.0 Å². The molecule has 140 valence electrons. The molecule has 0 saturated carbocycles. The predicted octanol–water partition coefficient (Wildman–Crippen LogP) is 2.91. The van der Waals surface area contributed by atoms with Gasteiger partial charge in [-0.1, -0.05) is 23.7 Å². The third kappa shape index (κ3) is 3.57. The van der Waals surface area contributed by atoms with E-state index in [1.54, 1.807) is 42.5 Å². The fourth-order valence-corrected chi connectivity index (χ4v) is 3.73. The number of benzene rings is 2. The number of hydrogen-bond donors (Lipinski definition) is 1. The van der Waals surface area contributed by atoms with Gasteiger partial charge in [0.05, 0.1) is 18.0 Å². The van der Waals surface area contributed by atoms with Crippen LogP contribution in [0.3, 0.4) is 0 Å². The molecule has 0 spiro atoms. The number of ether oxygens (including phenoxy) is 1. The Kier molecular flexibility index (Phi) is 4.54. The zero-order valence-corrected chi connectivity index (χ0v) is 15.6. The number of sulfonamides is 1. The lowest BCUT2D eigenvalue weighted by atomic mass is 10.2. The minimum atomic E-state index is -3.75. The number of rotatable bonds is 3. The number of anilines is 1. The van der Waals surface area contributed by atoms with Crippen LogP contribution in [-0.4, -0.2) is 30.2 Å². The van der Waals surface area contributed by atoms with Crippen molar-refractivity contribution < 1.29 is 17.9 Å². The maximum absolute atomic E-state index is 12.1. The Morgan fingerprint density at radius 3 is 2.46 bits per heavy atom. The summed E-state index contributed by atoms with van der Waals surface area (Å²) < 4.78 is 33.4. The van der Waals surface area contributed by atoms with E-state index >= 15 is 0 Å². The van der Waals surface area contributed by atoms with E-state index in [9.17, 15) is 13.2 Å². The van der Waals surface area contributed by atoms with Gasteiger partial charge in [-0.05, 0) is 36.4 Å². The molecular formula is C18H11ClN4O4S. The number of nitrogens with one attached hydrogen (secondary N) is 1. The van der Waals surface area contributed by atoms with Crippen molar-refractivity contribution >= 4 is 39.1 Å². The highest BCUT2D eigenvalue weighted by Crippen LogP contribution is 2.28. The quantitative estimate of drug-likeness (QED) is 0.705. The molecule has 1 aromatic heterocycles. The molecular weight excluding hydrogens is 404 g/mol. The first-order valence-electron chi connectivity index (χ1n) is 7.93. The number of hydrogen-bond acceptors (Lipinski definition) is 6. The maximum Gasteiger partial charge on any atom is 0.286 e. The Morgan fingerprint density at radius 2 is 1.75 bits per heavy atom. The largest absolute Gasteiger partial charge is 0.438 e. The molecule has 0 saturated heterocycles. The van der Waals surface area contributed by atoms with Crippen LogP contribution in [0.15, 0.2) is 70.2 Å². The van der Waals surface area contributed by atoms with Crippen LogP contribution in [-0.2, 0) is 10.0 Å². The molecule has 1 N–H and O–H groups in total. The first-order chi connectivity index (χ1) is 13.4. The molecule has 2 aromatic carbocycles. The fraction of sp³-hybridized carbons (Fsp3) is 0. The summed E-state index contributed by atoms with van der Waals surface area (Å²) in [4.78, 5) is 19.9. The van der Waals surface area contributed by atoms with Crippen LogP contribution in [0.2, 0.25) is 5.15 Å². The van der Waals surface area contributed by atoms with Crippen LogP contribution in [0, 0.1) is 0 Å². The lowest BCUT2D eigenvalue weighted by Crippen LogP contribution is -2.14. The molecule has 1 aliphatic heterocycles. The number of halogens is 1. The third-order valence-electron chi connectivity index (χ3n) is 3.78. The molecule has 8 nitrogen and oxygen atoms in total. The van der Waals surface area contributed by atoms with Crippen LogP contribution in [0.4, 0.5) is 5.69 Å². The van der Waals surface area contributed by atoms with E-state index < -0.39 is 15.9 Å². The van der Waals surface area contributed by atoms with E-state index in [2.05, 4.69) is 19.7 Å². The first kappa shape index (κ1) is 18.1. The second kappa shape index (κ2) is 7.02. The van der Waals surface area contributed by atoms with Gasteiger partial charge in [-0.2, -0.15) is 8.42 Å². The van der Waals surface area contributed by atoms with Gasteiger partial charge in [0, 0.05) is 5.69 Å². The molecule has 0 unspecified atom stereocenters. The van der Waals surface area contributed by atoms with Gasteiger partial charge < -0.3 is 10.1 Å². The lowest BCUT2D eigenvalue weighted by molar-refractivity contribution is 0.102. The fourth-order valence-electron chi connectivity index (χ4n) is 2.49. The molecule has 1 aliphatic rings.